The van der Waals surface area contributed by atoms with E-state index in [-0.39, 0.29) is 24.9 Å². The number of carbonyl (C=O) groups excluding carboxylic acids is 1. The number of hydrazine groups is 1. The molecule has 0 aliphatic rings. The molecule has 4 nitrogen and oxygen atoms in total. The predicted molar refractivity (Wildman–Crippen MR) is 73.0 cm³/mol. The van der Waals surface area contributed by atoms with Crippen LogP contribution in [-0.4, -0.2) is 5.91 Å². The highest BCUT2D eigenvalue weighted by atomic mass is 19.1. The summed E-state index contributed by atoms with van der Waals surface area (Å²) in [7, 11) is 0. The lowest BCUT2D eigenvalue weighted by Crippen LogP contribution is -2.30. The van der Waals surface area contributed by atoms with E-state index in [4.69, 9.17) is 10.6 Å². The van der Waals surface area contributed by atoms with E-state index in [1.54, 1.807) is 42.5 Å². The molecule has 0 fully saturated rings. The van der Waals surface area contributed by atoms with Gasteiger partial charge in [0.25, 0.3) is 5.91 Å². The molecule has 0 heterocycles. The summed E-state index contributed by atoms with van der Waals surface area (Å²) in [5.74, 6) is 4.44. The topological polar surface area (TPSA) is 64.3 Å². The molecule has 0 radical (unpaired) electrons. The van der Waals surface area contributed by atoms with Crippen LogP contribution in [0.4, 0.5) is 4.39 Å². The van der Waals surface area contributed by atoms with Crippen molar-refractivity contribution >= 4 is 5.91 Å². The monoisotopic (exact) mass is 274 g/mol. The fraction of sp³-hybridized carbons (Fsp3) is 0.133. The molecular weight excluding hydrogens is 259 g/mol. The second-order valence-electron chi connectivity index (χ2n) is 4.21. The smallest absolute Gasteiger partial charge is 0.265 e. The number of halogens is 1. The largest absolute Gasteiger partial charge is 0.372 e. The van der Waals surface area contributed by atoms with E-state index in [9.17, 15) is 9.18 Å². The summed E-state index contributed by atoms with van der Waals surface area (Å²) in [6, 6.07) is 13.4. The number of hydrogen-bond acceptors (Lipinski definition) is 3. The summed E-state index contributed by atoms with van der Waals surface area (Å²) in [6.07, 6.45) is 0. The van der Waals surface area contributed by atoms with Crippen LogP contribution in [-0.2, 0) is 18.0 Å². The fourth-order valence-electron chi connectivity index (χ4n) is 1.83. The van der Waals surface area contributed by atoms with Crippen LogP contribution in [0.25, 0.3) is 0 Å². The van der Waals surface area contributed by atoms with Crippen molar-refractivity contribution in [2.24, 2.45) is 5.84 Å². The first-order valence-corrected chi connectivity index (χ1v) is 6.12. The van der Waals surface area contributed by atoms with E-state index in [1.807, 2.05) is 0 Å². The summed E-state index contributed by atoms with van der Waals surface area (Å²) in [4.78, 5) is 11.6. The minimum absolute atomic E-state index is 0.144. The number of nitrogen functional groups attached to an aromatic ring is 1. The van der Waals surface area contributed by atoms with Crippen LogP contribution in [0.1, 0.15) is 21.5 Å². The van der Waals surface area contributed by atoms with Crippen LogP contribution >= 0.6 is 0 Å². The molecule has 5 heteroatoms. The lowest BCUT2D eigenvalue weighted by molar-refractivity contribution is 0.0923. The Morgan fingerprint density at radius 1 is 1.05 bits per heavy atom. The first kappa shape index (κ1) is 14.2. The maximum absolute atomic E-state index is 13.4. The third-order valence-corrected chi connectivity index (χ3v) is 2.87. The quantitative estimate of drug-likeness (QED) is 0.499. The van der Waals surface area contributed by atoms with Gasteiger partial charge in [-0.3, -0.25) is 10.2 Å². The van der Waals surface area contributed by atoms with Crippen molar-refractivity contribution in [2.45, 2.75) is 13.2 Å². The number of carbonyl (C=O) groups is 1. The van der Waals surface area contributed by atoms with Crippen molar-refractivity contribution in [1.29, 1.82) is 0 Å². The predicted octanol–water partition coefficient (Wildman–Crippen LogP) is 2.15. The molecule has 2 rings (SSSR count). The van der Waals surface area contributed by atoms with Crippen molar-refractivity contribution in [3.05, 3.63) is 71.0 Å². The van der Waals surface area contributed by atoms with Gasteiger partial charge in [-0.2, -0.15) is 0 Å². The molecule has 0 aliphatic heterocycles. The van der Waals surface area contributed by atoms with Crippen LogP contribution in [0.5, 0.6) is 0 Å². The molecule has 104 valence electrons. The van der Waals surface area contributed by atoms with Crippen LogP contribution in [0.3, 0.4) is 0 Å². The lowest BCUT2D eigenvalue weighted by atomic mass is 10.1. The average molecular weight is 274 g/mol. The Morgan fingerprint density at radius 3 is 2.35 bits per heavy atom. The maximum Gasteiger partial charge on any atom is 0.265 e. The molecule has 0 spiro atoms. The molecule has 0 unspecified atom stereocenters. The molecule has 0 saturated heterocycles. The van der Waals surface area contributed by atoms with E-state index in [1.165, 1.54) is 6.07 Å². The zero-order valence-corrected chi connectivity index (χ0v) is 10.8. The van der Waals surface area contributed by atoms with Crippen molar-refractivity contribution in [2.75, 3.05) is 0 Å². The van der Waals surface area contributed by atoms with Gasteiger partial charge in [0, 0.05) is 11.1 Å². The first-order chi connectivity index (χ1) is 9.72. The van der Waals surface area contributed by atoms with Gasteiger partial charge in [-0.15, -0.1) is 0 Å². The van der Waals surface area contributed by atoms with Gasteiger partial charge in [0.1, 0.15) is 5.82 Å². The number of rotatable bonds is 5. The molecule has 0 aliphatic carbocycles. The Morgan fingerprint density at radius 2 is 1.65 bits per heavy atom. The zero-order valence-electron chi connectivity index (χ0n) is 10.8. The maximum atomic E-state index is 13.4. The Bertz CT molecular complexity index is 602. The summed E-state index contributed by atoms with van der Waals surface area (Å²) in [5, 5.41) is 0. The van der Waals surface area contributed by atoms with E-state index < -0.39 is 0 Å². The van der Waals surface area contributed by atoms with Gasteiger partial charge in [-0.05, 0) is 17.7 Å². The molecule has 0 bridgehead atoms. The second kappa shape index (κ2) is 6.79. The Balaban J connectivity index is 2.01. The number of ether oxygens (including phenoxy) is 1. The van der Waals surface area contributed by atoms with Crippen molar-refractivity contribution in [3.63, 3.8) is 0 Å². The summed E-state index contributed by atoms with van der Waals surface area (Å²) in [5.41, 5.74) is 3.71. The van der Waals surface area contributed by atoms with Gasteiger partial charge in [0.2, 0.25) is 0 Å². The SMILES string of the molecule is NNC(=O)c1ccccc1COCc1ccccc1F. The van der Waals surface area contributed by atoms with Crippen molar-refractivity contribution in [3.8, 4) is 0 Å². The van der Waals surface area contributed by atoms with E-state index >= 15 is 0 Å². The van der Waals surface area contributed by atoms with Gasteiger partial charge in [0.05, 0.1) is 13.2 Å². The fourth-order valence-corrected chi connectivity index (χ4v) is 1.83. The van der Waals surface area contributed by atoms with Crippen LogP contribution in [0.2, 0.25) is 0 Å². The highest BCUT2D eigenvalue weighted by molar-refractivity contribution is 5.95. The molecule has 0 atom stereocenters. The standard InChI is InChI=1S/C15H15FN2O2/c16-14-8-4-2-6-12(14)10-20-9-11-5-1-3-7-13(11)15(19)18-17/h1-8H,9-10,17H2,(H,18,19). The molecule has 2 aromatic rings. The number of benzene rings is 2. The zero-order chi connectivity index (χ0) is 14.4. The molecular formula is C15H15FN2O2. The van der Waals surface area contributed by atoms with E-state index in [2.05, 4.69) is 5.43 Å². The molecule has 1 amide bonds. The lowest BCUT2D eigenvalue weighted by Gasteiger charge is -2.09. The van der Waals surface area contributed by atoms with Gasteiger partial charge >= 0.3 is 0 Å². The van der Waals surface area contributed by atoms with Crippen LogP contribution in [0.15, 0.2) is 48.5 Å². The van der Waals surface area contributed by atoms with Gasteiger partial charge in [-0.1, -0.05) is 36.4 Å². The molecule has 20 heavy (non-hydrogen) atoms. The summed E-state index contributed by atoms with van der Waals surface area (Å²) >= 11 is 0. The normalized spacial score (nSPS) is 10.3. The highest BCUT2D eigenvalue weighted by Gasteiger charge is 2.09. The second-order valence-corrected chi connectivity index (χ2v) is 4.21. The number of hydrogen-bond donors (Lipinski definition) is 2. The first-order valence-electron chi connectivity index (χ1n) is 6.12. The minimum atomic E-state index is -0.380. The Hall–Kier alpha value is -2.24. The minimum Gasteiger partial charge on any atom is -0.372 e. The number of nitrogens with two attached hydrogens (primary N) is 1. The highest BCUT2D eigenvalue weighted by Crippen LogP contribution is 2.13. The van der Waals surface area contributed by atoms with Crippen LogP contribution < -0.4 is 11.3 Å². The van der Waals surface area contributed by atoms with E-state index in [0.29, 0.717) is 16.7 Å². The summed E-state index contributed by atoms with van der Waals surface area (Å²) in [6.45, 7) is 0.350. The third-order valence-electron chi connectivity index (χ3n) is 2.87. The summed E-state index contributed by atoms with van der Waals surface area (Å²) < 4.78 is 18.9. The number of nitrogens with one attached hydrogen (secondary N) is 1. The van der Waals surface area contributed by atoms with E-state index in [0.717, 1.165) is 0 Å². The van der Waals surface area contributed by atoms with Crippen molar-refractivity contribution < 1.29 is 13.9 Å². The molecule has 3 N–H and O–H groups in total. The van der Waals surface area contributed by atoms with Gasteiger partial charge in [0.15, 0.2) is 0 Å². The Labute approximate surface area is 116 Å². The number of amides is 1. The molecule has 2 aromatic carbocycles. The third kappa shape index (κ3) is 3.40. The molecule has 0 saturated carbocycles. The van der Waals surface area contributed by atoms with Gasteiger partial charge in [-0.25, -0.2) is 10.2 Å². The Kier molecular flexibility index (Phi) is 4.81. The van der Waals surface area contributed by atoms with Gasteiger partial charge < -0.3 is 4.74 Å². The average Bonchev–Trinajstić information content (AvgIpc) is 2.49. The molecule has 0 aromatic heterocycles. The van der Waals surface area contributed by atoms with Crippen LogP contribution in [0, 0.1) is 5.82 Å². The van der Waals surface area contributed by atoms with Crippen molar-refractivity contribution in [1.82, 2.24) is 5.43 Å².